The van der Waals surface area contributed by atoms with Gasteiger partial charge in [0.25, 0.3) is 0 Å². The van der Waals surface area contributed by atoms with E-state index in [0.29, 0.717) is 6.54 Å². The number of nitrogens with one attached hydrogen (secondary N) is 1. The first-order chi connectivity index (χ1) is 11.5. The molecule has 0 unspecified atom stereocenters. The number of benzene rings is 3. The Hall–Kier alpha value is -2.66. The van der Waals surface area contributed by atoms with Gasteiger partial charge in [0.15, 0.2) is 0 Å². The Morgan fingerprint density at radius 2 is 1.67 bits per heavy atom. The van der Waals surface area contributed by atoms with Crippen molar-refractivity contribution in [1.29, 1.82) is 0 Å². The Morgan fingerprint density at radius 1 is 0.917 bits per heavy atom. The smallest absolute Gasteiger partial charge is 0.217 e. The van der Waals surface area contributed by atoms with Gasteiger partial charge in [0.1, 0.15) is 0 Å². The molecule has 3 rings (SSSR count). The Kier molecular flexibility index (Phi) is 4.36. The summed E-state index contributed by atoms with van der Waals surface area (Å²) in [5, 5.41) is 4.52. The molecule has 0 atom stereocenters. The molecule has 0 heterocycles. The molecule has 1 amide bonds. The molecule has 0 saturated carbocycles. The van der Waals surface area contributed by atoms with E-state index in [4.69, 9.17) is 0 Å². The topological polar surface area (TPSA) is 63.2 Å². The van der Waals surface area contributed by atoms with Gasteiger partial charge < -0.3 is 5.32 Å². The van der Waals surface area contributed by atoms with E-state index in [1.807, 2.05) is 18.2 Å². The SMILES string of the molecule is CC(=O)NCc1cccc2cc(S(=O)(=O)c3ccccc3)ccc12. The van der Waals surface area contributed by atoms with Crippen LogP contribution < -0.4 is 5.32 Å². The second kappa shape index (κ2) is 6.45. The molecule has 0 aliphatic carbocycles. The number of carbonyl (C=O) groups excluding carboxylic acids is 1. The first-order valence-corrected chi connectivity index (χ1v) is 9.03. The summed E-state index contributed by atoms with van der Waals surface area (Å²) in [7, 11) is -3.54. The zero-order valence-electron chi connectivity index (χ0n) is 13.2. The molecule has 0 aromatic heterocycles. The zero-order chi connectivity index (χ0) is 17.2. The van der Waals surface area contributed by atoms with Gasteiger partial charge in [0.2, 0.25) is 15.7 Å². The fourth-order valence-corrected chi connectivity index (χ4v) is 3.92. The number of amides is 1. The van der Waals surface area contributed by atoms with E-state index in [1.54, 1.807) is 48.5 Å². The molecule has 0 aliphatic heterocycles. The number of fused-ring (bicyclic) bond motifs is 1. The largest absolute Gasteiger partial charge is 0.352 e. The highest BCUT2D eigenvalue weighted by Gasteiger charge is 2.17. The van der Waals surface area contributed by atoms with E-state index in [0.717, 1.165) is 16.3 Å². The quantitative estimate of drug-likeness (QED) is 0.793. The van der Waals surface area contributed by atoms with E-state index in [9.17, 15) is 13.2 Å². The van der Waals surface area contributed by atoms with Crippen molar-refractivity contribution in [3.8, 4) is 0 Å². The van der Waals surface area contributed by atoms with Crippen molar-refractivity contribution in [2.75, 3.05) is 0 Å². The molecule has 0 aliphatic rings. The van der Waals surface area contributed by atoms with Crippen LogP contribution in [0.25, 0.3) is 10.8 Å². The molecule has 3 aromatic rings. The van der Waals surface area contributed by atoms with Crippen LogP contribution in [-0.2, 0) is 21.2 Å². The lowest BCUT2D eigenvalue weighted by Crippen LogP contribution is -2.19. The molecule has 24 heavy (non-hydrogen) atoms. The normalized spacial score (nSPS) is 11.4. The molecule has 122 valence electrons. The second-order valence-corrected chi connectivity index (χ2v) is 7.48. The minimum Gasteiger partial charge on any atom is -0.352 e. The zero-order valence-corrected chi connectivity index (χ0v) is 14.0. The van der Waals surface area contributed by atoms with Crippen molar-refractivity contribution < 1.29 is 13.2 Å². The van der Waals surface area contributed by atoms with Gasteiger partial charge in [-0.25, -0.2) is 8.42 Å². The fourth-order valence-electron chi connectivity index (χ4n) is 2.61. The Balaban J connectivity index is 2.05. The number of hydrogen-bond acceptors (Lipinski definition) is 3. The van der Waals surface area contributed by atoms with E-state index >= 15 is 0 Å². The average Bonchev–Trinajstić information content (AvgIpc) is 2.60. The van der Waals surface area contributed by atoms with Gasteiger partial charge in [-0.2, -0.15) is 0 Å². The van der Waals surface area contributed by atoms with Crippen LogP contribution in [0.1, 0.15) is 12.5 Å². The summed E-state index contributed by atoms with van der Waals surface area (Å²) in [6.45, 7) is 1.88. The summed E-state index contributed by atoms with van der Waals surface area (Å²) in [6, 6.07) is 19.1. The Labute approximate surface area is 141 Å². The maximum Gasteiger partial charge on any atom is 0.217 e. The van der Waals surface area contributed by atoms with Crippen LogP contribution in [0.2, 0.25) is 0 Å². The summed E-state index contributed by atoms with van der Waals surface area (Å²) in [4.78, 5) is 11.6. The fraction of sp³-hybridized carbons (Fsp3) is 0.105. The van der Waals surface area contributed by atoms with Crippen molar-refractivity contribution in [3.63, 3.8) is 0 Å². The predicted octanol–water partition coefficient (Wildman–Crippen LogP) is 3.31. The molecule has 0 saturated heterocycles. The van der Waals surface area contributed by atoms with Gasteiger partial charge in [-0.15, -0.1) is 0 Å². The van der Waals surface area contributed by atoms with Gasteiger partial charge in [0, 0.05) is 13.5 Å². The molecular weight excluding hydrogens is 322 g/mol. The van der Waals surface area contributed by atoms with Crippen molar-refractivity contribution in [3.05, 3.63) is 72.3 Å². The highest BCUT2D eigenvalue weighted by Crippen LogP contribution is 2.26. The lowest BCUT2D eigenvalue weighted by Gasteiger charge is -2.10. The van der Waals surface area contributed by atoms with Crippen LogP contribution in [0.5, 0.6) is 0 Å². The van der Waals surface area contributed by atoms with Crippen LogP contribution in [-0.4, -0.2) is 14.3 Å². The first kappa shape index (κ1) is 16.2. The molecule has 3 aromatic carbocycles. The third kappa shape index (κ3) is 3.16. The number of sulfone groups is 1. The van der Waals surface area contributed by atoms with Crippen LogP contribution in [0.4, 0.5) is 0 Å². The standard InChI is InChI=1S/C19H17NO3S/c1-14(21)20-13-16-7-5-6-15-12-18(10-11-19(15)16)24(22,23)17-8-3-2-4-9-17/h2-12H,13H2,1H3,(H,20,21). The van der Waals surface area contributed by atoms with Crippen LogP contribution in [0.3, 0.4) is 0 Å². The third-order valence-corrected chi connectivity index (χ3v) is 5.60. The van der Waals surface area contributed by atoms with Gasteiger partial charge in [-0.1, -0.05) is 42.5 Å². The van der Waals surface area contributed by atoms with E-state index in [-0.39, 0.29) is 15.7 Å². The number of rotatable bonds is 4. The molecule has 0 bridgehead atoms. The first-order valence-electron chi connectivity index (χ1n) is 7.55. The van der Waals surface area contributed by atoms with Crippen LogP contribution >= 0.6 is 0 Å². The van der Waals surface area contributed by atoms with E-state index in [1.165, 1.54) is 6.92 Å². The number of hydrogen-bond donors (Lipinski definition) is 1. The lowest BCUT2D eigenvalue weighted by atomic mass is 10.0. The highest BCUT2D eigenvalue weighted by molar-refractivity contribution is 7.91. The Morgan fingerprint density at radius 3 is 2.38 bits per heavy atom. The van der Waals surface area contributed by atoms with Crippen molar-refractivity contribution >= 4 is 26.5 Å². The summed E-state index contributed by atoms with van der Waals surface area (Å²) < 4.78 is 25.4. The number of carbonyl (C=O) groups is 1. The van der Waals surface area contributed by atoms with Crippen molar-refractivity contribution in [2.45, 2.75) is 23.3 Å². The van der Waals surface area contributed by atoms with Gasteiger partial charge in [0.05, 0.1) is 9.79 Å². The lowest BCUT2D eigenvalue weighted by molar-refractivity contribution is -0.119. The van der Waals surface area contributed by atoms with Crippen LogP contribution in [0, 0.1) is 0 Å². The molecular formula is C19H17NO3S. The van der Waals surface area contributed by atoms with Crippen molar-refractivity contribution in [2.24, 2.45) is 0 Å². The molecule has 0 fully saturated rings. The van der Waals surface area contributed by atoms with E-state index in [2.05, 4.69) is 5.32 Å². The van der Waals surface area contributed by atoms with Gasteiger partial charge in [-0.05, 0) is 40.6 Å². The molecule has 1 N–H and O–H groups in total. The minimum atomic E-state index is -3.54. The molecule has 5 heteroatoms. The summed E-state index contributed by atoms with van der Waals surface area (Å²) >= 11 is 0. The third-order valence-electron chi connectivity index (χ3n) is 3.83. The average molecular weight is 339 g/mol. The molecule has 0 spiro atoms. The highest BCUT2D eigenvalue weighted by atomic mass is 32.2. The maximum atomic E-state index is 12.7. The molecule has 4 nitrogen and oxygen atoms in total. The van der Waals surface area contributed by atoms with Crippen molar-refractivity contribution in [1.82, 2.24) is 5.32 Å². The maximum absolute atomic E-state index is 12.7. The van der Waals surface area contributed by atoms with Gasteiger partial charge >= 0.3 is 0 Å². The minimum absolute atomic E-state index is 0.102. The summed E-state index contributed by atoms with van der Waals surface area (Å²) in [5.41, 5.74) is 0.950. The summed E-state index contributed by atoms with van der Waals surface area (Å²) in [6.07, 6.45) is 0. The molecule has 0 radical (unpaired) electrons. The second-order valence-electron chi connectivity index (χ2n) is 5.53. The predicted molar refractivity (Wildman–Crippen MR) is 93.4 cm³/mol. The Bertz CT molecular complexity index is 996. The summed E-state index contributed by atoms with van der Waals surface area (Å²) in [5.74, 6) is -0.102. The van der Waals surface area contributed by atoms with E-state index < -0.39 is 9.84 Å². The monoisotopic (exact) mass is 339 g/mol. The van der Waals surface area contributed by atoms with Gasteiger partial charge in [-0.3, -0.25) is 4.79 Å². The van der Waals surface area contributed by atoms with Crippen LogP contribution in [0.15, 0.2) is 76.5 Å².